The van der Waals surface area contributed by atoms with E-state index in [0.717, 1.165) is 28.5 Å². The predicted octanol–water partition coefficient (Wildman–Crippen LogP) is 1.97. The minimum Gasteiger partial charge on any atom is -0.368 e. The zero-order valence-electron chi connectivity index (χ0n) is 12.7. The Balaban J connectivity index is 1.56. The van der Waals surface area contributed by atoms with E-state index >= 15 is 0 Å². The van der Waals surface area contributed by atoms with Gasteiger partial charge in [-0.15, -0.1) is 15.3 Å². The molecule has 1 aliphatic heterocycles. The maximum Gasteiger partial charge on any atom is 0.225 e. The van der Waals surface area contributed by atoms with E-state index in [1.165, 1.54) is 0 Å². The van der Waals surface area contributed by atoms with Crippen molar-refractivity contribution in [3.8, 4) is 0 Å². The normalized spacial score (nSPS) is 16.9. The largest absolute Gasteiger partial charge is 0.368 e. The van der Waals surface area contributed by atoms with Gasteiger partial charge in [0, 0.05) is 24.6 Å². The Kier molecular flexibility index (Phi) is 3.18. The van der Waals surface area contributed by atoms with Gasteiger partial charge in [0.1, 0.15) is 5.82 Å². The summed E-state index contributed by atoms with van der Waals surface area (Å²) in [5.74, 6) is 1.66. The maximum absolute atomic E-state index is 11.9. The maximum atomic E-state index is 11.9. The highest BCUT2D eigenvalue weighted by molar-refractivity contribution is 5.94. The molecule has 1 amide bonds. The fraction of sp³-hybridized carbons (Fsp3) is 0.250. The first-order valence-corrected chi connectivity index (χ1v) is 7.52. The molecule has 116 valence electrons. The average Bonchev–Trinajstić information content (AvgIpc) is 2.93. The minimum absolute atomic E-state index is 0.0496. The summed E-state index contributed by atoms with van der Waals surface area (Å²) >= 11 is 0. The van der Waals surface area contributed by atoms with Crippen molar-refractivity contribution in [2.24, 2.45) is 0 Å². The van der Waals surface area contributed by atoms with Gasteiger partial charge in [0.15, 0.2) is 11.5 Å². The van der Waals surface area contributed by atoms with E-state index in [-0.39, 0.29) is 11.8 Å². The lowest BCUT2D eigenvalue weighted by molar-refractivity contribution is -0.116. The summed E-state index contributed by atoms with van der Waals surface area (Å²) in [6, 6.07) is 11.7. The molecule has 7 heteroatoms. The van der Waals surface area contributed by atoms with Gasteiger partial charge in [0.05, 0.1) is 0 Å². The first kappa shape index (κ1) is 13.7. The van der Waals surface area contributed by atoms with E-state index in [4.69, 9.17) is 0 Å². The second kappa shape index (κ2) is 5.35. The quantitative estimate of drug-likeness (QED) is 0.773. The molecule has 23 heavy (non-hydrogen) atoms. The van der Waals surface area contributed by atoms with Crippen LogP contribution < -0.4 is 10.6 Å². The molecule has 2 aromatic heterocycles. The Hall–Kier alpha value is -2.96. The van der Waals surface area contributed by atoms with E-state index < -0.39 is 0 Å². The molecule has 1 aliphatic rings. The second-order valence-corrected chi connectivity index (χ2v) is 5.65. The number of carbonyl (C=O) groups is 1. The van der Waals surface area contributed by atoms with Crippen molar-refractivity contribution < 1.29 is 4.79 Å². The molecule has 4 rings (SSSR count). The molecule has 0 bridgehead atoms. The fourth-order valence-corrected chi connectivity index (χ4v) is 2.90. The lowest BCUT2D eigenvalue weighted by atomic mass is 9.90. The number of carbonyl (C=O) groups excluding carboxylic acids is 1. The summed E-state index contributed by atoms with van der Waals surface area (Å²) in [5.41, 5.74) is 2.77. The molecule has 7 nitrogen and oxygen atoms in total. The van der Waals surface area contributed by atoms with Gasteiger partial charge >= 0.3 is 0 Å². The standard InChI is InChI=1S/C16H16N6O/c1-10-19-20-15-7-6-14(21-22(10)15)17-9-11-8-16(23)18-13-5-3-2-4-12(11)13/h2-7,11H,8-9H2,1H3,(H,17,21)(H,18,23)/t11-/m0/s1. The van der Waals surface area contributed by atoms with Crippen LogP contribution in [0.25, 0.3) is 5.65 Å². The van der Waals surface area contributed by atoms with Crippen molar-refractivity contribution in [2.45, 2.75) is 19.3 Å². The summed E-state index contributed by atoms with van der Waals surface area (Å²) < 4.78 is 1.70. The fourth-order valence-electron chi connectivity index (χ4n) is 2.90. The number of rotatable bonds is 3. The number of para-hydroxylation sites is 1. The minimum atomic E-state index is 0.0496. The number of benzene rings is 1. The van der Waals surface area contributed by atoms with E-state index in [0.29, 0.717) is 13.0 Å². The van der Waals surface area contributed by atoms with Crippen molar-refractivity contribution in [3.05, 3.63) is 47.8 Å². The molecule has 0 fully saturated rings. The highest BCUT2D eigenvalue weighted by atomic mass is 16.1. The zero-order valence-corrected chi connectivity index (χ0v) is 12.7. The number of amides is 1. The Morgan fingerprint density at radius 2 is 2.13 bits per heavy atom. The molecule has 0 aliphatic carbocycles. The van der Waals surface area contributed by atoms with E-state index in [1.807, 2.05) is 37.3 Å². The Morgan fingerprint density at radius 3 is 3.04 bits per heavy atom. The van der Waals surface area contributed by atoms with Crippen LogP contribution in [-0.4, -0.2) is 32.3 Å². The first-order valence-electron chi connectivity index (χ1n) is 7.52. The molecule has 0 saturated heterocycles. The van der Waals surface area contributed by atoms with Gasteiger partial charge in [-0.05, 0) is 30.7 Å². The number of aromatic nitrogens is 4. The topological polar surface area (TPSA) is 84.2 Å². The smallest absolute Gasteiger partial charge is 0.225 e. The van der Waals surface area contributed by atoms with Crippen LogP contribution in [0.3, 0.4) is 0 Å². The van der Waals surface area contributed by atoms with E-state index in [9.17, 15) is 4.79 Å². The summed E-state index contributed by atoms with van der Waals surface area (Å²) in [6.07, 6.45) is 0.470. The van der Waals surface area contributed by atoms with Crippen molar-refractivity contribution in [3.63, 3.8) is 0 Å². The number of fused-ring (bicyclic) bond motifs is 2. The highest BCUT2D eigenvalue weighted by Crippen LogP contribution is 2.31. The Morgan fingerprint density at radius 1 is 1.26 bits per heavy atom. The summed E-state index contributed by atoms with van der Waals surface area (Å²) in [4.78, 5) is 11.9. The first-order chi connectivity index (χ1) is 11.2. The number of aryl methyl sites for hydroxylation is 1. The molecule has 3 aromatic rings. The summed E-state index contributed by atoms with van der Waals surface area (Å²) in [5, 5.41) is 18.7. The van der Waals surface area contributed by atoms with E-state index in [2.05, 4.69) is 32.0 Å². The van der Waals surface area contributed by atoms with Crippen LogP contribution in [0, 0.1) is 6.92 Å². The Labute approximate surface area is 132 Å². The van der Waals surface area contributed by atoms with Crippen LogP contribution in [0.1, 0.15) is 23.7 Å². The molecule has 0 spiro atoms. The molecule has 0 saturated carbocycles. The number of hydrogen-bond donors (Lipinski definition) is 2. The average molecular weight is 308 g/mol. The van der Waals surface area contributed by atoms with Crippen molar-refractivity contribution in [2.75, 3.05) is 17.2 Å². The molecule has 1 atom stereocenters. The van der Waals surface area contributed by atoms with Gasteiger partial charge in [0.2, 0.25) is 5.91 Å². The van der Waals surface area contributed by atoms with Crippen LogP contribution in [0.5, 0.6) is 0 Å². The molecule has 2 N–H and O–H groups in total. The summed E-state index contributed by atoms with van der Waals surface area (Å²) in [6.45, 7) is 2.50. The molecular weight excluding hydrogens is 292 g/mol. The van der Waals surface area contributed by atoms with Gasteiger partial charge in [0.25, 0.3) is 0 Å². The van der Waals surface area contributed by atoms with Crippen molar-refractivity contribution >= 4 is 23.1 Å². The van der Waals surface area contributed by atoms with Gasteiger partial charge < -0.3 is 10.6 Å². The Bertz CT molecular complexity index is 887. The van der Waals surface area contributed by atoms with Crippen molar-refractivity contribution in [1.82, 2.24) is 19.8 Å². The molecule has 1 aromatic carbocycles. The molecule has 3 heterocycles. The third kappa shape index (κ3) is 2.50. The third-order valence-corrected chi connectivity index (χ3v) is 4.05. The number of anilines is 2. The molecule has 0 radical (unpaired) electrons. The highest BCUT2D eigenvalue weighted by Gasteiger charge is 2.24. The monoisotopic (exact) mass is 308 g/mol. The van der Waals surface area contributed by atoms with Crippen LogP contribution >= 0.6 is 0 Å². The van der Waals surface area contributed by atoms with Gasteiger partial charge in [-0.25, -0.2) is 0 Å². The van der Waals surface area contributed by atoms with Crippen LogP contribution in [0.4, 0.5) is 11.5 Å². The third-order valence-electron chi connectivity index (χ3n) is 4.05. The van der Waals surface area contributed by atoms with Crippen LogP contribution in [0.2, 0.25) is 0 Å². The van der Waals surface area contributed by atoms with Crippen LogP contribution in [-0.2, 0) is 4.79 Å². The predicted molar refractivity (Wildman–Crippen MR) is 86.4 cm³/mol. The van der Waals surface area contributed by atoms with Crippen LogP contribution in [0.15, 0.2) is 36.4 Å². The van der Waals surface area contributed by atoms with Gasteiger partial charge in [-0.3, -0.25) is 4.79 Å². The van der Waals surface area contributed by atoms with Crippen molar-refractivity contribution in [1.29, 1.82) is 0 Å². The second-order valence-electron chi connectivity index (χ2n) is 5.65. The van der Waals surface area contributed by atoms with E-state index in [1.54, 1.807) is 4.52 Å². The number of hydrogen-bond acceptors (Lipinski definition) is 5. The summed E-state index contributed by atoms with van der Waals surface area (Å²) in [7, 11) is 0. The molecule has 0 unspecified atom stereocenters. The lowest BCUT2D eigenvalue weighted by Gasteiger charge is -2.25. The van der Waals surface area contributed by atoms with Gasteiger partial charge in [-0.2, -0.15) is 4.52 Å². The lowest BCUT2D eigenvalue weighted by Crippen LogP contribution is -2.27. The zero-order chi connectivity index (χ0) is 15.8. The van der Waals surface area contributed by atoms with Gasteiger partial charge in [-0.1, -0.05) is 18.2 Å². The SMILES string of the molecule is Cc1nnc2ccc(NC[C@@H]3CC(=O)Nc4ccccc43)nn12. The number of nitrogens with zero attached hydrogens (tertiary/aromatic N) is 4. The molecular formula is C16H16N6O. The number of nitrogens with one attached hydrogen (secondary N) is 2.